The second-order valence-corrected chi connectivity index (χ2v) is 5.77. The van der Waals surface area contributed by atoms with Gasteiger partial charge in [-0.15, -0.1) is 0 Å². The number of carboxylic acid groups (broad SMARTS) is 1. The summed E-state index contributed by atoms with van der Waals surface area (Å²) in [5, 5.41) is 8.55. The summed E-state index contributed by atoms with van der Waals surface area (Å²) < 4.78 is 24.2. The molecule has 1 saturated heterocycles. The van der Waals surface area contributed by atoms with Gasteiger partial charge in [0, 0.05) is 19.5 Å². The molecule has 5 nitrogen and oxygen atoms in total. The molecule has 0 radical (unpaired) electrons. The third-order valence-corrected chi connectivity index (χ3v) is 4.32. The third kappa shape index (κ3) is 2.68. The molecule has 1 aliphatic heterocycles. The minimum absolute atomic E-state index is 0.0196. The van der Waals surface area contributed by atoms with E-state index in [-0.39, 0.29) is 18.1 Å². The summed E-state index contributed by atoms with van der Waals surface area (Å²) in [5.41, 5.74) is 0. The van der Waals surface area contributed by atoms with Crippen molar-refractivity contribution in [1.29, 1.82) is 0 Å². The first-order valence-corrected chi connectivity index (χ1v) is 6.26. The Morgan fingerprint density at radius 3 is 2.71 bits per heavy atom. The first-order chi connectivity index (χ1) is 6.45. The van der Waals surface area contributed by atoms with Crippen molar-refractivity contribution in [3.8, 4) is 0 Å². The van der Waals surface area contributed by atoms with Gasteiger partial charge in [0.2, 0.25) is 10.0 Å². The number of rotatable bonds is 4. The third-order valence-electron chi connectivity index (χ3n) is 2.47. The van der Waals surface area contributed by atoms with Crippen LogP contribution in [0.25, 0.3) is 0 Å². The van der Waals surface area contributed by atoms with E-state index in [2.05, 4.69) is 0 Å². The molecule has 1 atom stereocenters. The minimum Gasteiger partial charge on any atom is -0.481 e. The van der Waals surface area contributed by atoms with Crippen LogP contribution in [-0.2, 0) is 14.8 Å². The van der Waals surface area contributed by atoms with Crippen molar-refractivity contribution in [2.24, 2.45) is 5.92 Å². The first kappa shape index (κ1) is 11.5. The Labute approximate surface area is 83.8 Å². The Kier molecular flexibility index (Phi) is 3.49. The highest BCUT2D eigenvalue weighted by Gasteiger charge is 2.30. The number of carbonyl (C=O) groups is 1. The Balaban J connectivity index is 2.53. The van der Waals surface area contributed by atoms with Gasteiger partial charge < -0.3 is 5.11 Å². The Bertz CT molecular complexity index is 311. The van der Waals surface area contributed by atoms with Crippen LogP contribution in [0.1, 0.15) is 19.8 Å². The van der Waals surface area contributed by atoms with E-state index < -0.39 is 16.0 Å². The molecule has 0 saturated carbocycles. The van der Waals surface area contributed by atoms with Crippen LogP contribution in [0.5, 0.6) is 0 Å². The predicted octanol–water partition coefficient (Wildman–Crippen LogP) is 0.133. The summed E-state index contributed by atoms with van der Waals surface area (Å²) >= 11 is 0. The molecule has 0 aromatic carbocycles. The van der Waals surface area contributed by atoms with Crippen LogP contribution in [0.4, 0.5) is 0 Å². The number of aliphatic carboxylic acids is 1. The van der Waals surface area contributed by atoms with Crippen molar-refractivity contribution in [1.82, 2.24) is 4.31 Å². The van der Waals surface area contributed by atoms with E-state index in [1.165, 1.54) is 4.31 Å². The van der Waals surface area contributed by atoms with E-state index in [9.17, 15) is 13.2 Å². The summed E-state index contributed by atoms with van der Waals surface area (Å²) in [4.78, 5) is 10.4. The van der Waals surface area contributed by atoms with Crippen molar-refractivity contribution >= 4 is 16.0 Å². The van der Waals surface area contributed by atoms with Crippen LogP contribution in [-0.4, -0.2) is 42.6 Å². The summed E-state index contributed by atoms with van der Waals surface area (Å²) in [6, 6.07) is 0. The second-order valence-electron chi connectivity index (χ2n) is 3.51. The zero-order valence-electron chi connectivity index (χ0n) is 8.14. The maximum atomic E-state index is 11.4. The van der Waals surface area contributed by atoms with Crippen LogP contribution >= 0.6 is 0 Å². The molecule has 82 valence electrons. The minimum atomic E-state index is -3.13. The maximum Gasteiger partial charge on any atom is 0.303 e. The highest BCUT2D eigenvalue weighted by molar-refractivity contribution is 7.89. The van der Waals surface area contributed by atoms with Gasteiger partial charge in [-0.25, -0.2) is 12.7 Å². The van der Waals surface area contributed by atoms with Crippen LogP contribution in [0.3, 0.4) is 0 Å². The predicted molar refractivity (Wildman–Crippen MR) is 51.4 cm³/mol. The topological polar surface area (TPSA) is 74.7 Å². The second kappa shape index (κ2) is 4.27. The number of hydrogen-bond acceptors (Lipinski definition) is 3. The zero-order chi connectivity index (χ0) is 10.8. The van der Waals surface area contributed by atoms with E-state index in [1.807, 2.05) is 0 Å². The highest BCUT2D eigenvalue weighted by Crippen LogP contribution is 2.22. The molecule has 0 aliphatic carbocycles. The van der Waals surface area contributed by atoms with Crippen molar-refractivity contribution in [3.05, 3.63) is 0 Å². The van der Waals surface area contributed by atoms with Crippen LogP contribution in [0.2, 0.25) is 0 Å². The number of carboxylic acids is 1. The standard InChI is InChI=1S/C8H15NO4S/c1-2-14(12,13)9-4-3-7(6-9)5-8(10)11/h7H,2-6H2,1H3,(H,10,11). The number of nitrogens with zero attached hydrogens (tertiary/aromatic N) is 1. The van der Waals surface area contributed by atoms with Crippen molar-refractivity contribution in [3.63, 3.8) is 0 Å². The Morgan fingerprint density at radius 2 is 2.21 bits per heavy atom. The Morgan fingerprint density at radius 1 is 1.57 bits per heavy atom. The van der Waals surface area contributed by atoms with Gasteiger partial charge in [0.1, 0.15) is 0 Å². The van der Waals surface area contributed by atoms with Crippen molar-refractivity contribution in [2.75, 3.05) is 18.8 Å². The lowest BCUT2D eigenvalue weighted by Gasteiger charge is -2.14. The fourth-order valence-corrected chi connectivity index (χ4v) is 2.83. The molecule has 1 aliphatic rings. The number of sulfonamides is 1. The van der Waals surface area contributed by atoms with E-state index >= 15 is 0 Å². The molecular weight excluding hydrogens is 206 g/mol. The lowest BCUT2D eigenvalue weighted by Crippen LogP contribution is -2.30. The zero-order valence-corrected chi connectivity index (χ0v) is 8.96. The van der Waals surface area contributed by atoms with Gasteiger partial charge in [-0.3, -0.25) is 4.79 Å². The molecule has 0 amide bonds. The lowest BCUT2D eigenvalue weighted by atomic mass is 10.1. The quantitative estimate of drug-likeness (QED) is 0.732. The van der Waals surface area contributed by atoms with E-state index in [1.54, 1.807) is 6.92 Å². The van der Waals surface area contributed by atoms with Gasteiger partial charge in [-0.05, 0) is 19.3 Å². The summed E-state index contributed by atoms with van der Waals surface area (Å²) in [6.45, 7) is 2.43. The normalized spacial score (nSPS) is 23.9. The van der Waals surface area contributed by atoms with E-state index in [0.717, 1.165) is 0 Å². The Hall–Kier alpha value is -0.620. The van der Waals surface area contributed by atoms with Crippen LogP contribution < -0.4 is 0 Å². The molecule has 1 rings (SSSR count). The fraction of sp³-hybridized carbons (Fsp3) is 0.875. The largest absolute Gasteiger partial charge is 0.481 e. The van der Waals surface area contributed by atoms with E-state index in [0.29, 0.717) is 19.5 Å². The molecule has 1 fully saturated rings. The van der Waals surface area contributed by atoms with Crippen LogP contribution in [0.15, 0.2) is 0 Å². The lowest BCUT2D eigenvalue weighted by molar-refractivity contribution is -0.137. The molecule has 14 heavy (non-hydrogen) atoms. The van der Waals surface area contributed by atoms with Crippen molar-refractivity contribution in [2.45, 2.75) is 19.8 Å². The van der Waals surface area contributed by atoms with Gasteiger partial charge in [0.25, 0.3) is 0 Å². The fourth-order valence-electron chi connectivity index (χ4n) is 1.65. The average Bonchev–Trinajstić information content (AvgIpc) is 2.52. The molecule has 1 heterocycles. The van der Waals surface area contributed by atoms with Gasteiger partial charge in [-0.2, -0.15) is 0 Å². The molecule has 0 aromatic rings. The first-order valence-electron chi connectivity index (χ1n) is 4.65. The molecular formula is C8H15NO4S. The maximum absolute atomic E-state index is 11.4. The van der Waals surface area contributed by atoms with Crippen molar-refractivity contribution < 1.29 is 18.3 Å². The SMILES string of the molecule is CCS(=O)(=O)N1CCC(CC(=O)O)C1. The summed E-state index contributed by atoms with van der Waals surface area (Å²) in [7, 11) is -3.13. The molecule has 1 N–H and O–H groups in total. The smallest absolute Gasteiger partial charge is 0.303 e. The van der Waals surface area contributed by atoms with Gasteiger partial charge in [0.05, 0.1) is 5.75 Å². The molecule has 0 aromatic heterocycles. The van der Waals surface area contributed by atoms with Gasteiger partial charge in [-0.1, -0.05) is 0 Å². The van der Waals surface area contributed by atoms with Gasteiger partial charge in [0.15, 0.2) is 0 Å². The highest BCUT2D eigenvalue weighted by atomic mass is 32.2. The number of hydrogen-bond donors (Lipinski definition) is 1. The summed E-state index contributed by atoms with van der Waals surface area (Å²) in [6.07, 6.45) is 0.723. The molecule has 0 spiro atoms. The molecule has 6 heteroatoms. The van der Waals surface area contributed by atoms with Crippen LogP contribution in [0, 0.1) is 5.92 Å². The van der Waals surface area contributed by atoms with Gasteiger partial charge >= 0.3 is 5.97 Å². The van der Waals surface area contributed by atoms with E-state index in [4.69, 9.17) is 5.11 Å². The molecule has 1 unspecified atom stereocenters. The molecule has 0 bridgehead atoms. The monoisotopic (exact) mass is 221 g/mol. The summed E-state index contributed by atoms with van der Waals surface area (Å²) in [5.74, 6) is -0.785. The average molecular weight is 221 g/mol.